The van der Waals surface area contributed by atoms with Crippen LogP contribution in [-0.2, 0) is 6.54 Å². The van der Waals surface area contributed by atoms with Crippen LogP contribution in [0.4, 0.5) is 8.78 Å². The number of furan rings is 1. The first kappa shape index (κ1) is 12.5. The van der Waals surface area contributed by atoms with E-state index < -0.39 is 11.6 Å². The zero-order valence-electron chi connectivity index (χ0n) is 9.32. The van der Waals surface area contributed by atoms with Crippen LogP contribution in [-0.4, -0.2) is 6.54 Å². The van der Waals surface area contributed by atoms with Crippen molar-refractivity contribution in [1.29, 1.82) is 0 Å². The molecule has 2 nitrogen and oxygen atoms in total. The molecule has 0 saturated carbocycles. The van der Waals surface area contributed by atoms with Crippen molar-refractivity contribution in [1.82, 2.24) is 5.32 Å². The fraction of sp³-hybridized carbons (Fsp3) is 0.333. The van der Waals surface area contributed by atoms with Gasteiger partial charge in [0.15, 0.2) is 11.4 Å². The van der Waals surface area contributed by atoms with Crippen LogP contribution in [0.2, 0.25) is 0 Å². The standard InChI is InChI=1S/C12H12BrF2NO/c1-2-3-16-5-7-6-17-12-10(7)8(13)4-9(14)11(12)15/h4,6,16H,2-3,5H2,1H3. The van der Waals surface area contributed by atoms with Crippen molar-refractivity contribution >= 4 is 26.9 Å². The van der Waals surface area contributed by atoms with Gasteiger partial charge in [-0.15, -0.1) is 0 Å². The molecular formula is C12H12BrF2NO. The van der Waals surface area contributed by atoms with Crippen LogP contribution in [0.15, 0.2) is 21.2 Å². The summed E-state index contributed by atoms with van der Waals surface area (Å²) < 4.78 is 32.2. The van der Waals surface area contributed by atoms with Gasteiger partial charge in [-0.1, -0.05) is 6.92 Å². The summed E-state index contributed by atoms with van der Waals surface area (Å²) in [5.41, 5.74) is 0.782. The predicted molar refractivity (Wildman–Crippen MR) is 65.8 cm³/mol. The Labute approximate surface area is 106 Å². The van der Waals surface area contributed by atoms with Crippen molar-refractivity contribution in [3.63, 3.8) is 0 Å². The lowest BCUT2D eigenvalue weighted by atomic mass is 10.1. The van der Waals surface area contributed by atoms with E-state index in [1.165, 1.54) is 6.26 Å². The summed E-state index contributed by atoms with van der Waals surface area (Å²) in [6, 6.07) is 1.12. The average molecular weight is 304 g/mol. The number of nitrogens with one attached hydrogen (secondary N) is 1. The molecule has 2 aromatic rings. The molecule has 1 aromatic carbocycles. The van der Waals surface area contributed by atoms with Gasteiger partial charge in [0.2, 0.25) is 5.82 Å². The third-order valence-electron chi connectivity index (χ3n) is 2.51. The molecule has 0 saturated heterocycles. The highest BCUT2D eigenvalue weighted by Crippen LogP contribution is 2.32. The zero-order valence-corrected chi connectivity index (χ0v) is 10.9. The second-order valence-corrected chi connectivity index (χ2v) is 4.65. The number of rotatable bonds is 4. The molecular weight excluding hydrogens is 292 g/mol. The maximum Gasteiger partial charge on any atom is 0.201 e. The molecule has 0 aliphatic carbocycles. The second-order valence-electron chi connectivity index (χ2n) is 3.80. The van der Waals surface area contributed by atoms with Crippen LogP contribution in [0.25, 0.3) is 11.0 Å². The summed E-state index contributed by atoms with van der Waals surface area (Å²) in [6.45, 7) is 3.50. The van der Waals surface area contributed by atoms with E-state index in [0.29, 0.717) is 16.4 Å². The molecule has 0 unspecified atom stereocenters. The second kappa shape index (κ2) is 5.14. The van der Waals surface area contributed by atoms with Crippen molar-refractivity contribution < 1.29 is 13.2 Å². The number of hydrogen-bond acceptors (Lipinski definition) is 2. The molecule has 0 amide bonds. The van der Waals surface area contributed by atoms with Gasteiger partial charge in [-0.3, -0.25) is 0 Å². The highest BCUT2D eigenvalue weighted by molar-refractivity contribution is 9.10. The van der Waals surface area contributed by atoms with E-state index in [1.807, 2.05) is 0 Å². The van der Waals surface area contributed by atoms with E-state index >= 15 is 0 Å². The van der Waals surface area contributed by atoms with Gasteiger partial charge in [0, 0.05) is 22.0 Å². The van der Waals surface area contributed by atoms with Crippen LogP contribution >= 0.6 is 15.9 Å². The van der Waals surface area contributed by atoms with Gasteiger partial charge in [-0.05, 0) is 35.0 Å². The first-order valence-electron chi connectivity index (χ1n) is 5.39. The van der Waals surface area contributed by atoms with E-state index in [2.05, 4.69) is 28.2 Å². The lowest BCUT2D eigenvalue weighted by Crippen LogP contribution is -2.13. The molecule has 0 fully saturated rings. The van der Waals surface area contributed by atoms with Gasteiger partial charge in [0.25, 0.3) is 0 Å². The Morgan fingerprint density at radius 2 is 2.18 bits per heavy atom. The molecule has 92 valence electrons. The minimum atomic E-state index is -0.940. The highest BCUT2D eigenvalue weighted by atomic mass is 79.9. The van der Waals surface area contributed by atoms with Crippen LogP contribution < -0.4 is 5.32 Å². The normalized spacial score (nSPS) is 11.3. The van der Waals surface area contributed by atoms with Gasteiger partial charge in [-0.2, -0.15) is 4.39 Å². The van der Waals surface area contributed by atoms with E-state index in [-0.39, 0.29) is 5.58 Å². The lowest BCUT2D eigenvalue weighted by Gasteiger charge is -2.02. The van der Waals surface area contributed by atoms with E-state index in [9.17, 15) is 8.78 Å². The van der Waals surface area contributed by atoms with E-state index in [1.54, 1.807) is 0 Å². The number of hydrogen-bond donors (Lipinski definition) is 1. The van der Waals surface area contributed by atoms with Crippen molar-refractivity contribution in [3.05, 3.63) is 34.0 Å². The van der Waals surface area contributed by atoms with Crippen molar-refractivity contribution in [3.8, 4) is 0 Å². The molecule has 0 spiro atoms. The van der Waals surface area contributed by atoms with Gasteiger partial charge >= 0.3 is 0 Å². The molecule has 0 aliphatic rings. The Morgan fingerprint density at radius 1 is 1.41 bits per heavy atom. The fourth-order valence-electron chi connectivity index (χ4n) is 1.70. The van der Waals surface area contributed by atoms with Gasteiger partial charge in [0.05, 0.1) is 6.26 Å². The van der Waals surface area contributed by atoms with Crippen LogP contribution in [0, 0.1) is 11.6 Å². The molecule has 0 aliphatic heterocycles. The Bertz CT molecular complexity index is 539. The quantitative estimate of drug-likeness (QED) is 0.683. The third kappa shape index (κ3) is 2.35. The summed E-state index contributed by atoms with van der Waals surface area (Å²) in [5, 5.41) is 3.78. The largest absolute Gasteiger partial charge is 0.461 e. The first-order chi connectivity index (χ1) is 8.15. The maximum absolute atomic E-state index is 13.5. The molecule has 5 heteroatoms. The minimum Gasteiger partial charge on any atom is -0.461 e. The Hall–Kier alpha value is -0.940. The summed E-state index contributed by atoms with van der Waals surface area (Å²) in [4.78, 5) is 0. The summed E-state index contributed by atoms with van der Waals surface area (Å²) in [5.74, 6) is -1.85. The smallest absolute Gasteiger partial charge is 0.201 e. The summed E-state index contributed by atoms with van der Waals surface area (Å²) in [7, 11) is 0. The number of halogens is 3. The number of benzene rings is 1. The topological polar surface area (TPSA) is 25.2 Å². The van der Waals surface area contributed by atoms with Crippen molar-refractivity contribution in [2.45, 2.75) is 19.9 Å². The minimum absolute atomic E-state index is 0.0369. The van der Waals surface area contributed by atoms with Gasteiger partial charge in [-0.25, -0.2) is 4.39 Å². The molecule has 1 aromatic heterocycles. The van der Waals surface area contributed by atoms with E-state index in [4.69, 9.17) is 4.42 Å². The molecule has 0 radical (unpaired) electrons. The molecule has 17 heavy (non-hydrogen) atoms. The van der Waals surface area contributed by atoms with E-state index in [0.717, 1.165) is 24.6 Å². The lowest BCUT2D eigenvalue weighted by molar-refractivity contribution is 0.490. The van der Waals surface area contributed by atoms with Gasteiger partial charge in [0.1, 0.15) is 0 Å². The first-order valence-corrected chi connectivity index (χ1v) is 6.18. The SMILES string of the molecule is CCCNCc1coc2c(F)c(F)cc(Br)c12. The van der Waals surface area contributed by atoms with Crippen LogP contribution in [0.1, 0.15) is 18.9 Å². The molecule has 0 bridgehead atoms. The summed E-state index contributed by atoms with van der Waals surface area (Å²) in [6.07, 6.45) is 2.47. The van der Waals surface area contributed by atoms with Crippen LogP contribution in [0.5, 0.6) is 0 Å². The molecule has 2 rings (SSSR count). The van der Waals surface area contributed by atoms with Crippen molar-refractivity contribution in [2.24, 2.45) is 0 Å². The van der Waals surface area contributed by atoms with Crippen LogP contribution in [0.3, 0.4) is 0 Å². The fourth-order valence-corrected chi connectivity index (χ4v) is 2.34. The molecule has 0 atom stereocenters. The predicted octanol–water partition coefficient (Wildman–Crippen LogP) is 3.97. The Balaban J connectivity index is 2.42. The number of fused-ring (bicyclic) bond motifs is 1. The van der Waals surface area contributed by atoms with Crippen molar-refractivity contribution in [2.75, 3.05) is 6.54 Å². The average Bonchev–Trinajstić information content (AvgIpc) is 2.71. The summed E-state index contributed by atoms with van der Waals surface area (Å²) >= 11 is 3.23. The Morgan fingerprint density at radius 3 is 2.88 bits per heavy atom. The Kier molecular flexibility index (Phi) is 3.79. The highest BCUT2D eigenvalue weighted by Gasteiger charge is 2.17. The maximum atomic E-state index is 13.5. The molecule has 1 heterocycles. The third-order valence-corrected chi connectivity index (χ3v) is 3.14. The monoisotopic (exact) mass is 303 g/mol. The van der Waals surface area contributed by atoms with Gasteiger partial charge < -0.3 is 9.73 Å². The molecule has 1 N–H and O–H groups in total. The zero-order chi connectivity index (χ0) is 12.4.